The van der Waals surface area contributed by atoms with Crippen LogP contribution in [0.25, 0.3) is 0 Å². The van der Waals surface area contributed by atoms with E-state index < -0.39 is 234 Å². The van der Waals surface area contributed by atoms with Gasteiger partial charge >= 0.3 is 212 Å². The minimum Gasteiger partial charge on any atom is -0.265 e. The number of aromatic nitrogens is 2. The molecule has 13 nitrogen and oxygen atoms in total. The highest BCUT2D eigenvalue weighted by molar-refractivity contribution is 7.98. The Bertz CT molecular complexity index is 3910. The van der Waals surface area contributed by atoms with Crippen molar-refractivity contribution in [1.82, 2.24) is 9.97 Å². The Hall–Kier alpha value is -5.98. The van der Waals surface area contributed by atoms with Crippen LogP contribution >= 0.6 is 11.8 Å². The van der Waals surface area contributed by atoms with Gasteiger partial charge in [-0.05, 0) is 19.2 Å². The Morgan fingerprint density at radius 2 is 0.317 bits per heavy atom. The van der Waals surface area contributed by atoms with Gasteiger partial charge < -0.3 is 0 Å². The van der Waals surface area contributed by atoms with Crippen molar-refractivity contribution in [3.05, 3.63) is 17.5 Å². The summed E-state index contributed by atoms with van der Waals surface area (Å²) in [5.41, 5.74) is -4.57. The van der Waals surface area contributed by atoms with Crippen molar-refractivity contribution in [3.63, 3.8) is 0 Å². The fourth-order valence-corrected chi connectivity index (χ4v) is 7.13. The van der Waals surface area contributed by atoms with E-state index in [2.05, 4.69) is 9.97 Å². The Balaban J connectivity index is 4.63. The van der Waals surface area contributed by atoms with E-state index in [1.165, 1.54) is 0 Å². The molecule has 0 aliphatic rings. The standard InChI is InChI=1S/C41H7F71N2O11S/c1-4-3-5(114-6(113-4)126-2)7(42,19(55,56)57)115-32(93,94)9(45,21(61,62)63)117-34(97,98)11(47,23(67,68)69)119-36(101,102)13(49,25(73,74)75)121-38(105,106)15(51,27(79,80)81)123-40(109,110)17(53,29(85,86)87)125-41(111,112)18(54,30(88,89)90)124-39(107,108)16(52,28(82,83)84)122-37(103,104)14(50,26(76,77)78)120-35(99,100)12(48,24(70,71)72)118-33(95,96)10(46,22(64,65)66)116-31(91,92)8(43,44)20(58,59)60/h3H,1-2H3. The van der Waals surface area contributed by atoms with Crippen LogP contribution in [-0.2, 0) is 58.0 Å². The number of aryl methyl sites for hydroxylation is 1. The summed E-state index contributed by atoms with van der Waals surface area (Å²) in [6, 6.07) is -0.832. The highest BCUT2D eigenvalue weighted by atomic mass is 32.2. The second kappa shape index (κ2) is 31.9. The van der Waals surface area contributed by atoms with E-state index in [9.17, 15) is 220 Å². The van der Waals surface area contributed by atoms with E-state index in [-0.39, 0.29) is 37.6 Å². The predicted octanol–water partition coefficient (Wildman–Crippen LogP) is 23.4. The quantitative estimate of drug-likeness (QED) is 0.0363. The largest absolute Gasteiger partial charge is 0.462 e. The van der Waals surface area contributed by atoms with Crippen molar-refractivity contribution in [3.8, 4) is 0 Å². The second-order valence-corrected chi connectivity index (χ2v) is 22.6. The second-order valence-electron chi connectivity index (χ2n) is 21.8. The number of alkyl halides is 71. The zero-order valence-electron chi connectivity index (χ0n) is 54.2. The SMILES string of the molecule is CSc1nc(C)cc(C(F)(OC(F)(F)C(F)(OC(F)(F)C(F)(OC(F)(F)C(F)(OC(F)(F)C(F)(OC(F)(F)C(F)(OC(F)(F)C(F)(OC(F)(F)C(F)(OC(F)(F)C(F)(OC(F)(F)C(F)(OC(F)(F)C(F)(OC(F)(F)C(F)(F)C(F)(F)F)C(F)(F)F)C(F)(F)F)C(F)(F)F)C(F)(F)F)C(F)(F)F)C(F)(F)F)C(F)(F)F)C(F)(F)F)C(F)(F)F)C(F)(F)F)C(F)(F)F)n1. The topological polar surface area (TPSA) is 127 Å². The summed E-state index contributed by atoms with van der Waals surface area (Å²) in [6.45, 7) is 0.223. The van der Waals surface area contributed by atoms with Crippen LogP contribution in [0.1, 0.15) is 11.4 Å². The Morgan fingerprint density at radius 3 is 0.437 bits per heavy atom. The minimum absolute atomic E-state index is 0.223. The summed E-state index contributed by atoms with van der Waals surface area (Å²) < 4.78 is 1020. The third kappa shape index (κ3) is 19.6. The van der Waals surface area contributed by atoms with Gasteiger partial charge in [-0.1, -0.05) is 11.8 Å². The fourth-order valence-electron chi connectivity index (χ4n) is 6.70. The Kier molecular flexibility index (Phi) is 29.9. The molecule has 0 bridgehead atoms. The number of hydrogen-bond acceptors (Lipinski definition) is 14. The van der Waals surface area contributed by atoms with E-state index in [1.54, 1.807) is 4.74 Å². The van der Waals surface area contributed by atoms with Crippen LogP contribution < -0.4 is 0 Å². The van der Waals surface area contributed by atoms with Crippen LogP contribution in [0.2, 0.25) is 0 Å². The summed E-state index contributed by atoms with van der Waals surface area (Å²) in [4.78, 5) is 5.22. The number of halogens is 71. The molecule has 85 heteroatoms. The maximum Gasteiger partial charge on any atom is 0.462 e. The summed E-state index contributed by atoms with van der Waals surface area (Å²) in [7, 11) is 0. The lowest BCUT2D eigenvalue weighted by Crippen LogP contribution is -2.74. The van der Waals surface area contributed by atoms with Crippen LogP contribution in [0.3, 0.4) is 0 Å². The van der Waals surface area contributed by atoms with Crippen LogP contribution in [0, 0.1) is 6.92 Å². The van der Waals surface area contributed by atoms with E-state index >= 15 is 92.2 Å². The predicted molar refractivity (Wildman–Crippen MR) is 224 cm³/mol. The van der Waals surface area contributed by atoms with Gasteiger partial charge in [0, 0.05) is 5.69 Å². The lowest BCUT2D eigenvalue weighted by atomic mass is 10.1. The number of nitrogens with zero attached hydrogens (tertiary/aromatic N) is 2. The molecular formula is C41H7F71N2O11S. The van der Waals surface area contributed by atoms with Crippen molar-refractivity contribution >= 4 is 11.8 Å². The number of rotatable bonds is 35. The van der Waals surface area contributed by atoms with Gasteiger partial charge in [0.25, 0.3) is 0 Å². The van der Waals surface area contributed by atoms with Crippen molar-refractivity contribution in [2.45, 2.75) is 224 Å². The number of thioether (sulfide) groups is 1. The van der Waals surface area contributed by atoms with Crippen molar-refractivity contribution in [2.24, 2.45) is 0 Å². The summed E-state index contributed by atoms with van der Waals surface area (Å²) in [6.07, 6.45) is -226. The fraction of sp³-hybridized carbons (Fsp3) is 0.902. The van der Waals surface area contributed by atoms with Crippen LogP contribution in [0.4, 0.5) is 312 Å². The van der Waals surface area contributed by atoms with Gasteiger partial charge in [0.05, 0.1) is 0 Å². The van der Waals surface area contributed by atoms with Crippen LogP contribution in [0.5, 0.6) is 0 Å². The first-order chi connectivity index (χ1) is 53.5. The molecule has 126 heavy (non-hydrogen) atoms. The number of ether oxygens (including phenoxy) is 11. The molecule has 0 aliphatic heterocycles. The van der Waals surface area contributed by atoms with Crippen molar-refractivity contribution in [2.75, 3.05) is 6.26 Å². The number of hydrogen-bond donors (Lipinski definition) is 0. The molecule has 11 atom stereocenters. The smallest absolute Gasteiger partial charge is 0.265 e. The molecule has 0 fully saturated rings. The molecule has 1 aromatic heterocycles. The maximum atomic E-state index is 15.4. The molecule has 750 valence electrons. The monoisotopic (exact) mass is 2080 g/mol. The van der Waals surface area contributed by atoms with E-state index in [0.29, 0.717) is 29.9 Å². The van der Waals surface area contributed by atoms with Crippen LogP contribution in [0.15, 0.2) is 11.2 Å². The molecule has 0 aromatic carbocycles. The Labute approximate surface area is 633 Å². The average Bonchev–Trinajstić information content (AvgIpc) is 0.709. The van der Waals surface area contributed by atoms with Crippen LogP contribution in [-0.4, -0.2) is 222 Å². The normalized spacial score (nSPS) is 21.0. The minimum atomic E-state index is -10.7. The zero-order valence-corrected chi connectivity index (χ0v) is 55.0. The highest BCUT2D eigenvalue weighted by Gasteiger charge is 2.97. The lowest BCUT2D eigenvalue weighted by molar-refractivity contribution is -0.614. The van der Waals surface area contributed by atoms with Gasteiger partial charge in [-0.3, -0.25) is 52.1 Å². The molecule has 0 amide bonds. The van der Waals surface area contributed by atoms with Gasteiger partial charge in [-0.15, -0.1) is 0 Å². The summed E-state index contributed by atoms with van der Waals surface area (Å²) in [5.74, 6) is -119. The third-order valence-electron chi connectivity index (χ3n) is 12.8. The first kappa shape index (κ1) is 118. The molecule has 0 aliphatic carbocycles. The molecule has 11 unspecified atom stereocenters. The average molecular weight is 2080 g/mol. The maximum absolute atomic E-state index is 15.4. The molecule has 1 rings (SSSR count). The molecule has 0 saturated heterocycles. The van der Waals surface area contributed by atoms with E-state index in [0.717, 1.165) is 4.74 Å². The van der Waals surface area contributed by atoms with Gasteiger partial charge in [-0.2, -0.15) is 312 Å². The molecule has 0 N–H and O–H groups in total. The summed E-state index contributed by atoms with van der Waals surface area (Å²) in [5, 5.41) is -1.53. The zero-order chi connectivity index (χ0) is 103. The van der Waals surface area contributed by atoms with Crippen molar-refractivity contribution < 1.29 is 364 Å². The first-order valence-electron chi connectivity index (χ1n) is 26.5. The summed E-state index contributed by atoms with van der Waals surface area (Å²) >= 11 is -0.269. The van der Waals surface area contributed by atoms with Gasteiger partial charge in [0.1, 0.15) is 5.69 Å². The van der Waals surface area contributed by atoms with Crippen molar-refractivity contribution in [1.29, 1.82) is 0 Å². The molecule has 0 spiro atoms. The van der Waals surface area contributed by atoms with Gasteiger partial charge in [-0.25, -0.2) is 9.97 Å². The van der Waals surface area contributed by atoms with E-state index in [4.69, 9.17) is 0 Å². The molecule has 1 heterocycles. The molecule has 1 aromatic rings. The molecular weight excluding hydrogens is 2080 g/mol. The first-order valence-corrected chi connectivity index (χ1v) is 27.7. The van der Waals surface area contributed by atoms with Gasteiger partial charge in [0.2, 0.25) is 0 Å². The van der Waals surface area contributed by atoms with E-state index in [1.807, 2.05) is 0 Å². The Morgan fingerprint density at radius 1 is 0.183 bits per heavy atom. The molecule has 0 radical (unpaired) electrons. The highest BCUT2D eigenvalue weighted by Crippen LogP contribution is 2.69. The van der Waals surface area contributed by atoms with Gasteiger partial charge in [0.15, 0.2) is 5.16 Å². The molecule has 0 saturated carbocycles. The lowest BCUT2D eigenvalue weighted by Gasteiger charge is -2.46. The third-order valence-corrected chi connectivity index (χ3v) is 13.3.